The Hall–Kier alpha value is 0.440. The van der Waals surface area contributed by atoms with E-state index in [9.17, 15) is 0 Å². The molecule has 0 heterocycles. The summed E-state index contributed by atoms with van der Waals surface area (Å²) in [6.45, 7) is 10.4. The Kier molecular flexibility index (Phi) is 5.42. The van der Waals surface area contributed by atoms with Gasteiger partial charge in [-0.15, -0.1) is 6.58 Å². The van der Waals surface area contributed by atoms with Crippen molar-refractivity contribution < 1.29 is 0 Å². The lowest BCUT2D eigenvalue weighted by molar-refractivity contribution is 0.470. The Labute approximate surface area is 92.4 Å². The molecule has 0 aromatic heterocycles. The molecule has 0 aromatic carbocycles. The van der Waals surface area contributed by atoms with Crippen molar-refractivity contribution in [3.8, 4) is 0 Å². The summed E-state index contributed by atoms with van der Waals surface area (Å²) in [5.41, 5.74) is 1.52. The summed E-state index contributed by atoms with van der Waals surface area (Å²) >= 11 is 6.99. The van der Waals surface area contributed by atoms with Crippen molar-refractivity contribution in [2.24, 2.45) is 5.41 Å². The predicted molar refractivity (Wildman–Crippen MR) is 64.2 cm³/mol. The second kappa shape index (κ2) is 5.23. The molecule has 2 heteroatoms. The second-order valence-electron chi connectivity index (χ2n) is 3.40. The largest absolute Gasteiger partial charge is 0.102 e. The Bertz CT molecular complexity index is 180. The van der Waals surface area contributed by atoms with Crippen molar-refractivity contribution in [1.29, 1.82) is 0 Å². The van der Waals surface area contributed by atoms with Crippen LogP contribution in [0.3, 0.4) is 0 Å². The van der Waals surface area contributed by atoms with Crippen LogP contribution in [0.1, 0.15) is 20.8 Å². The quantitative estimate of drug-likeness (QED) is 0.536. The molecule has 0 N–H and O–H groups in total. The Balaban J connectivity index is 4.58. The third-order valence-electron chi connectivity index (χ3n) is 2.30. The van der Waals surface area contributed by atoms with Crippen molar-refractivity contribution in [3.05, 3.63) is 24.3 Å². The van der Waals surface area contributed by atoms with Gasteiger partial charge in [0, 0.05) is 15.6 Å². The summed E-state index contributed by atoms with van der Waals surface area (Å²) < 4.78 is 0. The van der Waals surface area contributed by atoms with Gasteiger partial charge in [0.25, 0.3) is 0 Å². The van der Waals surface area contributed by atoms with E-state index in [4.69, 9.17) is 0 Å². The number of halogens is 2. The highest BCUT2D eigenvalue weighted by atomic mass is 79.9. The minimum absolute atomic E-state index is 0.148. The third-order valence-corrected chi connectivity index (χ3v) is 4.14. The predicted octanol–water partition coefficient (Wildman–Crippen LogP) is 4.30. The van der Waals surface area contributed by atoms with Crippen molar-refractivity contribution in [2.75, 3.05) is 5.33 Å². The standard InChI is InChI=1S/C10H16Br2/c1-5-9(12)10(3,4)8(2)6-7-11/h5-6,9H,1,7H2,2-4H3. The maximum Gasteiger partial charge on any atom is 0.0410 e. The fourth-order valence-corrected chi connectivity index (χ4v) is 1.74. The van der Waals surface area contributed by atoms with Crippen LogP contribution in [-0.4, -0.2) is 10.2 Å². The van der Waals surface area contributed by atoms with Crippen LogP contribution in [0.15, 0.2) is 24.3 Å². The van der Waals surface area contributed by atoms with E-state index in [0.717, 1.165) is 5.33 Å². The van der Waals surface area contributed by atoms with Crippen LogP contribution in [0, 0.1) is 5.41 Å². The topological polar surface area (TPSA) is 0 Å². The van der Waals surface area contributed by atoms with Crippen LogP contribution >= 0.6 is 31.9 Å². The average molecular weight is 296 g/mol. The molecule has 0 amide bonds. The van der Waals surface area contributed by atoms with Gasteiger partial charge in [0.05, 0.1) is 0 Å². The number of hydrogen-bond acceptors (Lipinski definition) is 0. The molecule has 0 saturated heterocycles. The molecule has 0 aromatic rings. The smallest absolute Gasteiger partial charge is 0.0410 e. The maximum absolute atomic E-state index is 3.78. The minimum atomic E-state index is 0.148. The SMILES string of the molecule is C=CC(Br)C(C)(C)C(C)=CCBr. The molecule has 12 heavy (non-hydrogen) atoms. The van der Waals surface area contributed by atoms with E-state index in [1.165, 1.54) is 5.57 Å². The first-order valence-corrected chi connectivity index (χ1v) is 6.00. The highest BCUT2D eigenvalue weighted by Gasteiger charge is 2.26. The van der Waals surface area contributed by atoms with E-state index in [1.54, 1.807) is 0 Å². The summed E-state index contributed by atoms with van der Waals surface area (Å²) in [6, 6.07) is 0. The number of hydrogen-bond donors (Lipinski definition) is 0. The number of allylic oxidation sites excluding steroid dienone is 3. The lowest BCUT2D eigenvalue weighted by Crippen LogP contribution is -2.23. The van der Waals surface area contributed by atoms with Crippen LogP contribution in [-0.2, 0) is 0 Å². The van der Waals surface area contributed by atoms with Gasteiger partial charge in [-0.3, -0.25) is 0 Å². The molecule has 0 aliphatic carbocycles. The molecule has 1 atom stereocenters. The molecule has 0 radical (unpaired) electrons. The molecule has 0 aliphatic heterocycles. The van der Waals surface area contributed by atoms with Crippen LogP contribution in [0.5, 0.6) is 0 Å². The summed E-state index contributed by atoms with van der Waals surface area (Å²) in [5.74, 6) is 0. The van der Waals surface area contributed by atoms with Gasteiger partial charge in [-0.25, -0.2) is 0 Å². The molecule has 0 spiro atoms. The van der Waals surface area contributed by atoms with Crippen molar-refractivity contribution in [1.82, 2.24) is 0 Å². The van der Waals surface area contributed by atoms with E-state index in [-0.39, 0.29) is 5.41 Å². The van der Waals surface area contributed by atoms with Crippen LogP contribution in [0.4, 0.5) is 0 Å². The Morgan fingerprint density at radius 1 is 1.58 bits per heavy atom. The van der Waals surface area contributed by atoms with Gasteiger partial charge in [-0.1, -0.05) is 63.4 Å². The molecule has 0 aliphatic rings. The normalized spacial score (nSPS) is 15.9. The fraction of sp³-hybridized carbons (Fsp3) is 0.600. The number of alkyl halides is 2. The van der Waals surface area contributed by atoms with E-state index in [0.29, 0.717) is 4.83 Å². The lowest BCUT2D eigenvalue weighted by atomic mass is 9.82. The maximum atomic E-state index is 3.78. The summed E-state index contributed by atoms with van der Waals surface area (Å²) in [7, 11) is 0. The van der Waals surface area contributed by atoms with Gasteiger partial charge in [0.2, 0.25) is 0 Å². The van der Waals surface area contributed by atoms with Crippen LogP contribution < -0.4 is 0 Å². The molecular weight excluding hydrogens is 280 g/mol. The first kappa shape index (κ1) is 12.4. The highest BCUT2D eigenvalue weighted by molar-refractivity contribution is 9.09. The Morgan fingerprint density at radius 2 is 2.08 bits per heavy atom. The van der Waals surface area contributed by atoms with Gasteiger partial charge < -0.3 is 0 Å². The van der Waals surface area contributed by atoms with Crippen molar-refractivity contribution >= 4 is 31.9 Å². The molecule has 0 nitrogen and oxygen atoms in total. The zero-order chi connectivity index (χ0) is 9.78. The lowest BCUT2D eigenvalue weighted by Gasteiger charge is -2.29. The second-order valence-corrected chi connectivity index (χ2v) is 5.03. The van der Waals surface area contributed by atoms with Gasteiger partial charge in [0.15, 0.2) is 0 Å². The average Bonchev–Trinajstić information content (AvgIpc) is 2.03. The summed E-state index contributed by atoms with van der Waals surface area (Å²) in [6.07, 6.45) is 4.13. The fourth-order valence-electron chi connectivity index (χ4n) is 0.891. The molecule has 70 valence electrons. The van der Waals surface area contributed by atoms with Gasteiger partial charge >= 0.3 is 0 Å². The molecular formula is C10H16Br2. The highest BCUT2D eigenvalue weighted by Crippen LogP contribution is 2.35. The molecule has 0 fully saturated rings. The van der Waals surface area contributed by atoms with Gasteiger partial charge in [-0.2, -0.15) is 0 Å². The first-order chi connectivity index (χ1) is 5.46. The Morgan fingerprint density at radius 3 is 2.42 bits per heavy atom. The number of rotatable bonds is 4. The summed E-state index contributed by atoms with van der Waals surface area (Å²) in [5, 5.41) is 0.916. The zero-order valence-corrected chi connectivity index (χ0v) is 11.1. The van der Waals surface area contributed by atoms with Crippen LogP contribution in [0.2, 0.25) is 0 Å². The minimum Gasteiger partial charge on any atom is -0.102 e. The molecule has 1 unspecified atom stereocenters. The van der Waals surface area contributed by atoms with Gasteiger partial charge in [-0.05, 0) is 6.92 Å². The molecule has 0 bridgehead atoms. The zero-order valence-electron chi connectivity index (χ0n) is 7.90. The monoisotopic (exact) mass is 294 g/mol. The van der Waals surface area contributed by atoms with Gasteiger partial charge in [0.1, 0.15) is 0 Å². The van der Waals surface area contributed by atoms with E-state index in [2.05, 4.69) is 65.3 Å². The summed E-state index contributed by atoms with van der Waals surface area (Å²) in [4.78, 5) is 0.334. The van der Waals surface area contributed by atoms with Crippen LogP contribution in [0.25, 0.3) is 0 Å². The van der Waals surface area contributed by atoms with E-state index < -0.39 is 0 Å². The van der Waals surface area contributed by atoms with E-state index in [1.807, 2.05) is 6.08 Å². The van der Waals surface area contributed by atoms with Crippen molar-refractivity contribution in [3.63, 3.8) is 0 Å². The van der Waals surface area contributed by atoms with E-state index >= 15 is 0 Å². The molecule has 0 rings (SSSR count). The first-order valence-electron chi connectivity index (χ1n) is 3.96. The molecule has 0 saturated carbocycles. The van der Waals surface area contributed by atoms with Crippen molar-refractivity contribution in [2.45, 2.75) is 25.6 Å². The third kappa shape index (κ3) is 3.06.